The SMILES string of the molecule is CC(=O)/C=C(/C)[O-].O=C(C(=O)c1ccccc1)c1ccccc1.[CH3][Fe+]. The first-order valence-corrected chi connectivity index (χ1v) is 8.42. The number of rotatable bonds is 4. The number of ketones is 3. The number of hydrogen-bond acceptors (Lipinski definition) is 4. The zero-order valence-electron chi connectivity index (χ0n) is 14.3. The minimum atomic E-state index is -0.466. The quantitative estimate of drug-likeness (QED) is 0.269. The maximum absolute atomic E-state index is 11.8. The molecule has 0 aliphatic rings. The predicted octanol–water partition coefficient (Wildman–Crippen LogP) is 3.17. The number of benzene rings is 2. The van der Waals surface area contributed by atoms with Gasteiger partial charge in [0, 0.05) is 11.1 Å². The van der Waals surface area contributed by atoms with Gasteiger partial charge >= 0.3 is 21.8 Å². The Kier molecular flexibility index (Phi) is 11.6. The normalized spacial score (nSPS) is 9.68. The molecular formula is C20H20FeO4. The van der Waals surface area contributed by atoms with Crippen LogP contribution < -0.4 is 5.11 Å². The monoisotopic (exact) mass is 380 g/mol. The molecule has 0 heterocycles. The van der Waals surface area contributed by atoms with E-state index in [1.807, 2.05) is 12.1 Å². The first kappa shape index (κ1) is 22.5. The fraction of sp³-hybridized carbons (Fsp3) is 0.150. The molecule has 0 atom stereocenters. The van der Waals surface area contributed by atoms with Gasteiger partial charge in [0.1, 0.15) is 0 Å². The average Bonchev–Trinajstić information content (AvgIpc) is 2.63. The van der Waals surface area contributed by atoms with E-state index < -0.39 is 11.6 Å². The summed E-state index contributed by atoms with van der Waals surface area (Å²) < 4.78 is 0. The van der Waals surface area contributed by atoms with Gasteiger partial charge in [0.15, 0.2) is 5.78 Å². The van der Waals surface area contributed by atoms with Crippen LogP contribution in [0.1, 0.15) is 34.6 Å². The zero-order valence-corrected chi connectivity index (χ0v) is 15.4. The molecule has 132 valence electrons. The number of carbonyl (C=O) groups excluding carboxylic acids is 3. The maximum atomic E-state index is 11.8. The van der Waals surface area contributed by atoms with Crippen LogP contribution in [0.15, 0.2) is 72.5 Å². The molecule has 2 rings (SSSR count). The second kappa shape index (κ2) is 12.9. The molecule has 0 spiro atoms. The van der Waals surface area contributed by atoms with Crippen LogP contribution in [0, 0.1) is 0 Å². The van der Waals surface area contributed by atoms with Crippen molar-refractivity contribution in [1.29, 1.82) is 0 Å². The standard InChI is InChI=1S/C14H10O2.C5H8O2.CH3.Fe/c15-13(11-7-3-1-4-8-11)14(16)12-9-5-2-6-10-12;1-4(6)3-5(2)7;;/h1-10H;3,6H,1-2H3;1H3;/q;;;+1/p-1/b;4-3-;;. The van der Waals surface area contributed by atoms with E-state index in [9.17, 15) is 19.5 Å². The Morgan fingerprint density at radius 3 is 1.28 bits per heavy atom. The van der Waals surface area contributed by atoms with Crippen LogP contribution in [0.2, 0.25) is 5.82 Å². The Hall–Kier alpha value is -2.49. The Morgan fingerprint density at radius 2 is 1.08 bits per heavy atom. The van der Waals surface area contributed by atoms with Gasteiger partial charge in [-0.1, -0.05) is 67.6 Å². The molecule has 2 aromatic carbocycles. The van der Waals surface area contributed by atoms with E-state index in [2.05, 4.69) is 16.0 Å². The van der Waals surface area contributed by atoms with Crippen molar-refractivity contribution in [3.05, 3.63) is 83.6 Å². The topological polar surface area (TPSA) is 74.3 Å². The third-order valence-corrected chi connectivity index (χ3v) is 2.68. The molecule has 0 saturated carbocycles. The molecule has 5 heteroatoms. The molecule has 0 radical (unpaired) electrons. The molecule has 0 aliphatic heterocycles. The Morgan fingerprint density at radius 1 is 0.760 bits per heavy atom. The Bertz CT molecular complexity index is 653. The van der Waals surface area contributed by atoms with Crippen molar-refractivity contribution in [2.75, 3.05) is 0 Å². The Balaban J connectivity index is 0.000000544. The van der Waals surface area contributed by atoms with Crippen molar-refractivity contribution in [3.63, 3.8) is 0 Å². The summed E-state index contributed by atoms with van der Waals surface area (Å²) in [6.45, 7) is 2.70. The number of carbonyl (C=O) groups is 3. The van der Waals surface area contributed by atoms with Gasteiger partial charge < -0.3 is 5.11 Å². The molecule has 25 heavy (non-hydrogen) atoms. The molecule has 0 aromatic heterocycles. The molecule has 0 amide bonds. The fourth-order valence-electron chi connectivity index (χ4n) is 1.73. The molecule has 0 unspecified atom stereocenters. The molecular weight excluding hydrogens is 360 g/mol. The summed E-state index contributed by atoms with van der Waals surface area (Å²) in [5, 5.41) is 9.98. The van der Waals surface area contributed by atoms with E-state index in [1.54, 1.807) is 54.4 Å². The first-order valence-electron chi connectivity index (χ1n) is 7.32. The van der Waals surface area contributed by atoms with E-state index in [0.717, 1.165) is 6.08 Å². The summed E-state index contributed by atoms with van der Waals surface area (Å²) >= 11 is 3.25. The molecule has 0 bridgehead atoms. The summed E-state index contributed by atoms with van der Waals surface area (Å²) in [6.07, 6.45) is 1.06. The summed E-state index contributed by atoms with van der Waals surface area (Å²) in [4.78, 5) is 33.6. The molecule has 0 fully saturated rings. The number of hydrogen-bond donors (Lipinski definition) is 0. The van der Waals surface area contributed by atoms with Crippen LogP contribution in [0.25, 0.3) is 0 Å². The van der Waals surface area contributed by atoms with E-state index in [1.165, 1.54) is 13.8 Å². The molecule has 0 saturated heterocycles. The minimum absolute atomic E-state index is 0.187. The van der Waals surface area contributed by atoms with Gasteiger partial charge in [0.2, 0.25) is 11.6 Å². The van der Waals surface area contributed by atoms with Gasteiger partial charge in [-0.25, -0.2) is 0 Å². The summed E-state index contributed by atoms with van der Waals surface area (Å²) in [5.41, 5.74) is 0.854. The molecule has 2 aromatic rings. The number of Topliss-reactive ketones (excluding diaryl/α,β-unsaturated/α-hetero) is 2. The predicted molar refractivity (Wildman–Crippen MR) is 91.8 cm³/mol. The van der Waals surface area contributed by atoms with Crippen LogP contribution in [0.3, 0.4) is 0 Å². The molecule has 0 N–H and O–H groups in total. The van der Waals surface area contributed by atoms with Crippen LogP contribution in [-0.2, 0) is 20.8 Å². The Labute approximate surface area is 156 Å². The van der Waals surface area contributed by atoms with E-state index in [0.29, 0.717) is 11.1 Å². The molecule has 0 aliphatic carbocycles. The van der Waals surface area contributed by atoms with Gasteiger partial charge in [0.05, 0.1) is 0 Å². The summed E-state index contributed by atoms with van der Waals surface area (Å²) in [6, 6.07) is 17.2. The average molecular weight is 380 g/mol. The number of allylic oxidation sites excluding steroid dienone is 2. The van der Waals surface area contributed by atoms with E-state index in [-0.39, 0.29) is 11.5 Å². The summed E-state index contributed by atoms with van der Waals surface area (Å²) in [7, 11) is 0. The van der Waals surface area contributed by atoms with Crippen molar-refractivity contribution in [3.8, 4) is 0 Å². The third-order valence-electron chi connectivity index (χ3n) is 2.68. The van der Waals surface area contributed by atoms with Crippen LogP contribution in [-0.4, -0.2) is 17.3 Å². The van der Waals surface area contributed by atoms with Gasteiger partial charge in [0.25, 0.3) is 0 Å². The van der Waals surface area contributed by atoms with Crippen molar-refractivity contribution in [2.45, 2.75) is 19.7 Å². The second-order valence-electron chi connectivity index (χ2n) is 4.76. The molecule has 4 nitrogen and oxygen atoms in total. The van der Waals surface area contributed by atoms with Crippen LogP contribution in [0.4, 0.5) is 0 Å². The van der Waals surface area contributed by atoms with Crippen molar-refractivity contribution < 1.29 is 35.5 Å². The zero-order chi connectivity index (χ0) is 19.2. The van der Waals surface area contributed by atoms with Gasteiger partial charge in [-0.15, -0.1) is 5.76 Å². The van der Waals surface area contributed by atoms with Crippen LogP contribution >= 0.6 is 0 Å². The van der Waals surface area contributed by atoms with E-state index >= 15 is 0 Å². The van der Waals surface area contributed by atoms with E-state index in [4.69, 9.17) is 0 Å². The fourth-order valence-corrected chi connectivity index (χ4v) is 1.73. The van der Waals surface area contributed by atoms with Crippen molar-refractivity contribution in [1.82, 2.24) is 0 Å². The summed E-state index contributed by atoms with van der Waals surface area (Å²) in [5.74, 6) is 0.443. The van der Waals surface area contributed by atoms with Crippen molar-refractivity contribution in [2.24, 2.45) is 0 Å². The second-order valence-corrected chi connectivity index (χ2v) is 4.76. The van der Waals surface area contributed by atoms with Crippen LogP contribution in [0.5, 0.6) is 0 Å². The van der Waals surface area contributed by atoms with Crippen molar-refractivity contribution >= 4 is 17.3 Å². The van der Waals surface area contributed by atoms with Gasteiger partial charge in [-0.2, -0.15) is 0 Å². The first-order chi connectivity index (χ1) is 11.9. The van der Waals surface area contributed by atoms with Gasteiger partial charge in [-0.3, -0.25) is 14.4 Å². The third kappa shape index (κ3) is 9.40. The van der Waals surface area contributed by atoms with Gasteiger partial charge in [-0.05, 0) is 13.0 Å².